The molecule has 0 bridgehead atoms. The number of hydrogen-bond acceptors (Lipinski definition) is 3. The highest BCUT2D eigenvalue weighted by atomic mass is 32.2. The van der Waals surface area contributed by atoms with E-state index < -0.39 is 10.0 Å². The van der Waals surface area contributed by atoms with Gasteiger partial charge in [-0.3, -0.25) is 0 Å². The first-order valence-corrected chi connectivity index (χ1v) is 10.4. The molecule has 2 aromatic carbocycles. The van der Waals surface area contributed by atoms with Crippen LogP contribution in [-0.4, -0.2) is 32.9 Å². The van der Waals surface area contributed by atoms with E-state index in [1.807, 2.05) is 36.4 Å². The molecule has 3 rings (SSSR count). The molecule has 26 heavy (non-hydrogen) atoms. The van der Waals surface area contributed by atoms with Gasteiger partial charge in [-0.2, -0.15) is 4.31 Å². The monoisotopic (exact) mass is 373 g/mol. The first-order chi connectivity index (χ1) is 12.2. The van der Waals surface area contributed by atoms with Crippen molar-refractivity contribution in [1.82, 2.24) is 4.31 Å². The van der Waals surface area contributed by atoms with Gasteiger partial charge in [0.25, 0.3) is 0 Å². The average Bonchev–Trinajstić information content (AvgIpc) is 3.12. The molecule has 140 valence electrons. The first-order valence-electron chi connectivity index (χ1n) is 8.96. The van der Waals surface area contributed by atoms with Crippen LogP contribution in [0.25, 0.3) is 0 Å². The molecule has 1 saturated heterocycles. The van der Waals surface area contributed by atoms with Gasteiger partial charge in [-0.1, -0.05) is 45.0 Å². The zero-order valence-electron chi connectivity index (χ0n) is 15.9. The van der Waals surface area contributed by atoms with E-state index >= 15 is 0 Å². The van der Waals surface area contributed by atoms with E-state index in [9.17, 15) is 8.42 Å². The molecule has 0 saturated carbocycles. The van der Waals surface area contributed by atoms with Crippen LogP contribution >= 0.6 is 0 Å². The van der Waals surface area contributed by atoms with Gasteiger partial charge in [0.15, 0.2) is 0 Å². The van der Waals surface area contributed by atoms with Crippen LogP contribution in [0.2, 0.25) is 0 Å². The Morgan fingerprint density at radius 2 is 1.62 bits per heavy atom. The van der Waals surface area contributed by atoms with Gasteiger partial charge in [0.05, 0.1) is 12.0 Å². The normalized spacial score (nSPS) is 18.8. The van der Waals surface area contributed by atoms with Crippen LogP contribution in [0.5, 0.6) is 5.75 Å². The molecule has 1 unspecified atom stereocenters. The first kappa shape index (κ1) is 18.9. The highest BCUT2D eigenvalue weighted by Crippen LogP contribution is 2.32. The largest absolute Gasteiger partial charge is 0.497 e. The van der Waals surface area contributed by atoms with Crippen molar-refractivity contribution in [2.24, 2.45) is 0 Å². The van der Waals surface area contributed by atoms with E-state index in [4.69, 9.17) is 4.74 Å². The average molecular weight is 374 g/mol. The van der Waals surface area contributed by atoms with Gasteiger partial charge in [-0.15, -0.1) is 0 Å². The fraction of sp³-hybridized carbons (Fsp3) is 0.429. The third-order valence-electron chi connectivity index (χ3n) is 5.10. The summed E-state index contributed by atoms with van der Waals surface area (Å²) in [5.41, 5.74) is 2.30. The molecule has 0 aliphatic carbocycles. The molecular weight excluding hydrogens is 346 g/mol. The van der Waals surface area contributed by atoms with Crippen molar-refractivity contribution in [3.63, 3.8) is 0 Å². The zero-order chi connectivity index (χ0) is 18.9. The highest BCUT2D eigenvalue weighted by molar-refractivity contribution is 7.89. The van der Waals surface area contributed by atoms with Crippen LogP contribution in [0, 0.1) is 0 Å². The summed E-state index contributed by atoms with van der Waals surface area (Å²) in [6.45, 7) is 7.44. The molecule has 1 fully saturated rings. The lowest BCUT2D eigenvalue weighted by Crippen LogP contribution is -2.28. The van der Waals surface area contributed by atoms with Crippen LogP contribution in [-0.2, 0) is 15.4 Å². The van der Waals surface area contributed by atoms with Crippen molar-refractivity contribution in [2.75, 3.05) is 20.2 Å². The fourth-order valence-corrected chi connectivity index (χ4v) is 4.87. The SMILES string of the molecule is COc1ccc(C2CCN(S(=O)(=O)c3ccc(C(C)(C)C)cc3)C2)cc1. The third-order valence-corrected chi connectivity index (χ3v) is 6.98. The molecule has 0 amide bonds. The molecule has 1 atom stereocenters. The quantitative estimate of drug-likeness (QED) is 0.808. The van der Waals surface area contributed by atoms with Gasteiger partial charge < -0.3 is 4.74 Å². The molecule has 2 aromatic rings. The topological polar surface area (TPSA) is 46.6 Å². The van der Waals surface area contributed by atoms with Crippen LogP contribution in [0.1, 0.15) is 44.2 Å². The minimum Gasteiger partial charge on any atom is -0.497 e. The van der Waals surface area contributed by atoms with E-state index in [2.05, 4.69) is 20.8 Å². The number of rotatable bonds is 4. The van der Waals surface area contributed by atoms with Crippen molar-refractivity contribution in [3.05, 3.63) is 59.7 Å². The van der Waals surface area contributed by atoms with Gasteiger partial charge in [0, 0.05) is 13.1 Å². The van der Waals surface area contributed by atoms with E-state index in [0.29, 0.717) is 18.0 Å². The Morgan fingerprint density at radius 3 is 2.15 bits per heavy atom. The second kappa shape index (κ2) is 7.05. The van der Waals surface area contributed by atoms with Crippen LogP contribution in [0.15, 0.2) is 53.4 Å². The predicted molar refractivity (Wildman–Crippen MR) is 104 cm³/mol. The molecule has 0 radical (unpaired) electrons. The van der Waals surface area contributed by atoms with Crippen molar-refractivity contribution in [1.29, 1.82) is 0 Å². The molecule has 1 aliphatic rings. The smallest absolute Gasteiger partial charge is 0.243 e. The maximum atomic E-state index is 13.0. The van der Waals surface area contributed by atoms with Crippen molar-refractivity contribution in [3.8, 4) is 5.75 Å². The fourth-order valence-electron chi connectivity index (χ4n) is 3.37. The number of sulfonamides is 1. The van der Waals surface area contributed by atoms with E-state index in [-0.39, 0.29) is 11.3 Å². The van der Waals surface area contributed by atoms with Crippen molar-refractivity contribution in [2.45, 2.75) is 43.4 Å². The number of nitrogens with zero attached hydrogens (tertiary/aromatic N) is 1. The van der Waals surface area contributed by atoms with E-state index in [1.54, 1.807) is 23.5 Å². The zero-order valence-corrected chi connectivity index (χ0v) is 16.7. The number of hydrogen-bond donors (Lipinski definition) is 0. The number of ether oxygens (including phenoxy) is 1. The Bertz CT molecular complexity index is 850. The van der Waals surface area contributed by atoms with Gasteiger partial charge in [0.2, 0.25) is 10.0 Å². The third kappa shape index (κ3) is 3.79. The molecular formula is C21H27NO3S. The second-order valence-corrected chi connectivity index (χ2v) is 9.83. The van der Waals surface area contributed by atoms with E-state index in [1.165, 1.54) is 0 Å². The van der Waals surface area contributed by atoms with Gasteiger partial charge in [-0.05, 0) is 53.1 Å². The summed E-state index contributed by atoms with van der Waals surface area (Å²) in [6, 6.07) is 15.2. The van der Waals surface area contributed by atoms with Crippen LogP contribution in [0.3, 0.4) is 0 Å². The van der Waals surface area contributed by atoms with Crippen molar-refractivity contribution < 1.29 is 13.2 Å². The molecule has 4 nitrogen and oxygen atoms in total. The highest BCUT2D eigenvalue weighted by Gasteiger charge is 2.33. The summed E-state index contributed by atoms with van der Waals surface area (Å²) in [6.07, 6.45) is 0.839. The Morgan fingerprint density at radius 1 is 1.00 bits per heavy atom. The van der Waals surface area contributed by atoms with Crippen LogP contribution in [0.4, 0.5) is 0 Å². The molecule has 0 N–H and O–H groups in total. The molecule has 0 spiro atoms. The summed E-state index contributed by atoms with van der Waals surface area (Å²) in [5.74, 6) is 1.04. The van der Waals surface area contributed by atoms with Crippen molar-refractivity contribution >= 4 is 10.0 Å². The van der Waals surface area contributed by atoms with Gasteiger partial charge in [-0.25, -0.2) is 8.42 Å². The lowest BCUT2D eigenvalue weighted by atomic mass is 9.87. The second-order valence-electron chi connectivity index (χ2n) is 7.90. The minimum atomic E-state index is -3.45. The Labute approximate surface area is 156 Å². The summed E-state index contributed by atoms with van der Waals surface area (Å²) in [4.78, 5) is 0.376. The summed E-state index contributed by atoms with van der Waals surface area (Å²) < 4.78 is 32.8. The Kier molecular flexibility index (Phi) is 5.13. The molecule has 1 heterocycles. The summed E-state index contributed by atoms with van der Waals surface area (Å²) in [5, 5.41) is 0. The number of benzene rings is 2. The summed E-state index contributed by atoms with van der Waals surface area (Å²) >= 11 is 0. The lowest BCUT2D eigenvalue weighted by molar-refractivity contribution is 0.414. The maximum Gasteiger partial charge on any atom is 0.243 e. The number of methoxy groups -OCH3 is 1. The van der Waals surface area contributed by atoms with E-state index in [0.717, 1.165) is 23.3 Å². The predicted octanol–water partition coefficient (Wildman–Crippen LogP) is 4.17. The van der Waals surface area contributed by atoms with Crippen LogP contribution < -0.4 is 4.74 Å². The summed E-state index contributed by atoms with van der Waals surface area (Å²) in [7, 11) is -1.80. The lowest BCUT2D eigenvalue weighted by Gasteiger charge is -2.21. The Balaban J connectivity index is 1.76. The molecule has 1 aliphatic heterocycles. The Hall–Kier alpha value is -1.85. The standard InChI is InChI=1S/C21H27NO3S/c1-21(2,3)18-7-11-20(12-8-18)26(23,24)22-14-13-17(15-22)16-5-9-19(25-4)10-6-16/h5-12,17H,13-15H2,1-4H3. The van der Waals surface area contributed by atoms with Gasteiger partial charge >= 0.3 is 0 Å². The maximum absolute atomic E-state index is 13.0. The minimum absolute atomic E-state index is 0.00932. The molecule has 0 aromatic heterocycles. The van der Waals surface area contributed by atoms with Gasteiger partial charge in [0.1, 0.15) is 5.75 Å². The molecule has 5 heteroatoms.